The van der Waals surface area contributed by atoms with Gasteiger partial charge in [0.2, 0.25) is 5.88 Å². The first-order chi connectivity index (χ1) is 15.6. The van der Waals surface area contributed by atoms with Gasteiger partial charge in [-0.25, -0.2) is 0 Å². The van der Waals surface area contributed by atoms with Gasteiger partial charge in [0.15, 0.2) is 5.69 Å². The van der Waals surface area contributed by atoms with Gasteiger partial charge in [-0.15, -0.1) is 10.2 Å². The summed E-state index contributed by atoms with van der Waals surface area (Å²) in [5.74, 6) is -0.491. The third-order valence-corrected chi connectivity index (χ3v) is 5.99. The van der Waals surface area contributed by atoms with E-state index in [1.54, 1.807) is 28.8 Å². The largest absolute Gasteiger partial charge is 0.493 e. The zero-order chi connectivity index (χ0) is 22.1. The molecule has 0 atom stereocenters. The van der Waals surface area contributed by atoms with Crippen molar-refractivity contribution in [2.75, 3.05) is 0 Å². The standard InChI is InChI=1S/C26H18BrN3O2/c27-20-14-12-18(13-15-20)25(31)29-28-24-22-10-3-4-11-23(22)30(26(24)32)16-19-8-5-7-17-6-1-2-9-21(17)19/h1-15,32H,16H2. The van der Waals surface area contributed by atoms with Crippen molar-refractivity contribution in [1.82, 2.24) is 4.57 Å². The number of carbonyl (C=O) groups is 1. The normalized spacial score (nSPS) is 11.5. The Kier molecular flexibility index (Phi) is 5.29. The van der Waals surface area contributed by atoms with Gasteiger partial charge in [-0.05, 0) is 46.7 Å². The van der Waals surface area contributed by atoms with Crippen LogP contribution in [0.2, 0.25) is 0 Å². The lowest BCUT2D eigenvalue weighted by Crippen LogP contribution is -1.99. The molecule has 0 saturated heterocycles. The van der Waals surface area contributed by atoms with Crippen molar-refractivity contribution >= 4 is 49.2 Å². The zero-order valence-corrected chi connectivity index (χ0v) is 18.5. The Morgan fingerprint density at radius 1 is 0.844 bits per heavy atom. The van der Waals surface area contributed by atoms with Crippen LogP contribution >= 0.6 is 15.9 Å². The van der Waals surface area contributed by atoms with Crippen LogP contribution in [0.15, 0.2) is 106 Å². The van der Waals surface area contributed by atoms with E-state index < -0.39 is 5.91 Å². The molecule has 32 heavy (non-hydrogen) atoms. The Morgan fingerprint density at radius 2 is 1.53 bits per heavy atom. The summed E-state index contributed by atoms with van der Waals surface area (Å²) in [4.78, 5) is 12.5. The average molecular weight is 484 g/mol. The molecule has 5 aromatic rings. The van der Waals surface area contributed by atoms with E-state index in [1.807, 2.05) is 42.5 Å². The van der Waals surface area contributed by atoms with Crippen molar-refractivity contribution in [2.45, 2.75) is 6.54 Å². The number of para-hydroxylation sites is 1. The molecular formula is C26H18BrN3O2. The molecule has 0 radical (unpaired) electrons. The summed E-state index contributed by atoms with van der Waals surface area (Å²) in [6.07, 6.45) is 0. The second-order valence-electron chi connectivity index (χ2n) is 7.43. The highest BCUT2D eigenvalue weighted by Gasteiger charge is 2.18. The molecule has 4 aromatic carbocycles. The fraction of sp³-hybridized carbons (Fsp3) is 0.0385. The minimum absolute atomic E-state index is 0.0218. The number of hydrogen-bond acceptors (Lipinski definition) is 3. The highest BCUT2D eigenvalue weighted by molar-refractivity contribution is 9.10. The predicted molar refractivity (Wildman–Crippen MR) is 130 cm³/mol. The molecule has 0 unspecified atom stereocenters. The quantitative estimate of drug-likeness (QED) is 0.274. The van der Waals surface area contributed by atoms with Crippen LogP contribution in [0.5, 0.6) is 5.88 Å². The lowest BCUT2D eigenvalue weighted by Gasteiger charge is -2.10. The van der Waals surface area contributed by atoms with Gasteiger partial charge in [0.05, 0.1) is 12.1 Å². The van der Waals surface area contributed by atoms with E-state index in [4.69, 9.17) is 0 Å². The Bertz CT molecular complexity index is 1480. The summed E-state index contributed by atoms with van der Waals surface area (Å²) in [5.41, 5.74) is 2.61. The van der Waals surface area contributed by atoms with Crippen molar-refractivity contribution < 1.29 is 9.90 Å². The number of benzene rings is 4. The SMILES string of the molecule is O=C(N=Nc1c(O)n(Cc2cccc3ccccc23)c2ccccc12)c1ccc(Br)cc1. The van der Waals surface area contributed by atoms with Crippen molar-refractivity contribution in [3.05, 3.63) is 107 Å². The molecule has 5 nitrogen and oxygen atoms in total. The first-order valence-electron chi connectivity index (χ1n) is 10.1. The molecule has 5 rings (SSSR count). The van der Waals surface area contributed by atoms with Gasteiger partial charge in [0, 0.05) is 15.4 Å². The smallest absolute Gasteiger partial charge is 0.295 e. The highest BCUT2D eigenvalue weighted by atomic mass is 79.9. The number of nitrogens with zero attached hydrogens (tertiary/aromatic N) is 3. The first-order valence-corrected chi connectivity index (χ1v) is 10.9. The van der Waals surface area contributed by atoms with Gasteiger partial charge < -0.3 is 9.67 Å². The first kappa shape index (κ1) is 20.2. The summed E-state index contributed by atoms with van der Waals surface area (Å²) in [6, 6.07) is 28.8. The van der Waals surface area contributed by atoms with Gasteiger partial charge >= 0.3 is 0 Å². The Balaban J connectivity index is 1.56. The minimum Gasteiger partial charge on any atom is -0.493 e. The van der Waals surface area contributed by atoms with Crippen LogP contribution in [-0.2, 0) is 6.54 Å². The molecular weight excluding hydrogens is 466 g/mol. The van der Waals surface area contributed by atoms with Crippen LogP contribution in [0.1, 0.15) is 15.9 Å². The third-order valence-electron chi connectivity index (χ3n) is 5.46. The lowest BCUT2D eigenvalue weighted by atomic mass is 10.0. The minimum atomic E-state index is -0.470. The maximum atomic E-state index is 12.5. The van der Waals surface area contributed by atoms with Gasteiger partial charge in [-0.2, -0.15) is 0 Å². The van der Waals surface area contributed by atoms with Crippen LogP contribution in [0.4, 0.5) is 5.69 Å². The number of azo groups is 1. The van der Waals surface area contributed by atoms with E-state index >= 15 is 0 Å². The number of aromatic nitrogens is 1. The molecule has 0 aliphatic heterocycles. The van der Waals surface area contributed by atoms with E-state index in [9.17, 15) is 9.90 Å². The molecule has 1 N–H and O–H groups in total. The maximum absolute atomic E-state index is 12.5. The van der Waals surface area contributed by atoms with Crippen LogP contribution in [0, 0.1) is 0 Å². The van der Waals surface area contributed by atoms with Crippen LogP contribution in [0.3, 0.4) is 0 Å². The number of rotatable bonds is 4. The molecule has 1 heterocycles. The van der Waals surface area contributed by atoms with E-state index in [0.29, 0.717) is 12.1 Å². The molecule has 0 saturated carbocycles. The number of carbonyl (C=O) groups excluding carboxylic acids is 1. The third kappa shape index (κ3) is 3.69. The fourth-order valence-corrected chi connectivity index (χ4v) is 4.14. The second-order valence-corrected chi connectivity index (χ2v) is 8.34. The Morgan fingerprint density at radius 3 is 2.34 bits per heavy atom. The average Bonchev–Trinajstić information content (AvgIpc) is 3.09. The Labute approximate surface area is 192 Å². The second kappa shape index (κ2) is 8.40. The van der Waals surface area contributed by atoms with Crippen molar-refractivity contribution in [3.8, 4) is 5.88 Å². The van der Waals surface area contributed by atoms with E-state index in [2.05, 4.69) is 50.4 Å². The molecule has 6 heteroatoms. The number of aromatic hydroxyl groups is 1. The summed E-state index contributed by atoms with van der Waals surface area (Å²) in [5, 5.41) is 22.1. The van der Waals surface area contributed by atoms with Crippen molar-refractivity contribution in [2.24, 2.45) is 10.2 Å². The van der Waals surface area contributed by atoms with E-state index in [-0.39, 0.29) is 11.6 Å². The van der Waals surface area contributed by atoms with E-state index in [0.717, 1.165) is 31.7 Å². The van der Waals surface area contributed by atoms with Gasteiger partial charge in [0.1, 0.15) is 0 Å². The van der Waals surface area contributed by atoms with Gasteiger partial charge in [0.25, 0.3) is 5.91 Å². The highest BCUT2D eigenvalue weighted by Crippen LogP contribution is 2.39. The summed E-state index contributed by atoms with van der Waals surface area (Å²) >= 11 is 3.35. The molecule has 0 fully saturated rings. The Hall–Kier alpha value is -3.77. The summed E-state index contributed by atoms with van der Waals surface area (Å²) in [7, 11) is 0. The van der Waals surface area contributed by atoms with Gasteiger partial charge in [-0.1, -0.05) is 76.6 Å². The topological polar surface area (TPSA) is 66.9 Å². The van der Waals surface area contributed by atoms with Gasteiger partial charge in [-0.3, -0.25) is 4.79 Å². The number of amides is 1. The molecule has 0 aliphatic rings. The maximum Gasteiger partial charge on any atom is 0.295 e. The monoisotopic (exact) mass is 483 g/mol. The summed E-state index contributed by atoms with van der Waals surface area (Å²) in [6.45, 7) is 0.462. The van der Waals surface area contributed by atoms with Crippen molar-refractivity contribution in [1.29, 1.82) is 0 Å². The lowest BCUT2D eigenvalue weighted by molar-refractivity contribution is 0.0995. The number of fused-ring (bicyclic) bond motifs is 2. The number of halogens is 1. The van der Waals surface area contributed by atoms with E-state index in [1.165, 1.54) is 0 Å². The predicted octanol–water partition coefficient (Wildman–Crippen LogP) is 7.24. The molecule has 1 amide bonds. The zero-order valence-electron chi connectivity index (χ0n) is 16.9. The number of hydrogen-bond donors (Lipinski definition) is 1. The summed E-state index contributed by atoms with van der Waals surface area (Å²) < 4.78 is 2.68. The molecule has 1 aromatic heterocycles. The van der Waals surface area contributed by atoms with Crippen LogP contribution in [0.25, 0.3) is 21.7 Å². The van der Waals surface area contributed by atoms with Crippen molar-refractivity contribution in [3.63, 3.8) is 0 Å². The van der Waals surface area contributed by atoms with Crippen LogP contribution < -0.4 is 0 Å². The molecule has 0 aliphatic carbocycles. The molecule has 0 bridgehead atoms. The fourth-order valence-electron chi connectivity index (χ4n) is 3.88. The molecule has 156 valence electrons. The van der Waals surface area contributed by atoms with Crippen LogP contribution in [-0.4, -0.2) is 15.6 Å². The molecule has 0 spiro atoms.